The van der Waals surface area contributed by atoms with Gasteiger partial charge in [0.05, 0.1) is 11.8 Å². The van der Waals surface area contributed by atoms with Gasteiger partial charge in [0.25, 0.3) is 0 Å². The SMILES string of the molecule is N#Cc1cncc(-c2ccoc2C=O)c1. The summed E-state index contributed by atoms with van der Waals surface area (Å²) in [7, 11) is 0. The minimum atomic E-state index is 0.242. The molecular formula is C11H6N2O2. The normalized spacial score (nSPS) is 9.53. The zero-order chi connectivity index (χ0) is 10.7. The molecule has 0 saturated carbocycles. The molecule has 0 spiro atoms. The Kier molecular flexibility index (Phi) is 2.30. The highest BCUT2D eigenvalue weighted by Crippen LogP contribution is 2.23. The van der Waals surface area contributed by atoms with Crippen LogP contribution in [0.25, 0.3) is 11.1 Å². The molecule has 4 nitrogen and oxygen atoms in total. The van der Waals surface area contributed by atoms with Crippen LogP contribution in [-0.4, -0.2) is 11.3 Å². The van der Waals surface area contributed by atoms with Gasteiger partial charge in [0.15, 0.2) is 12.0 Å². The van der Waals surface area contributed by atoms with E-state index in [0.29, 0.717) is 23.0 Å². The van der Waals surface area contributed by atoms with Gasteiger partial charge in [0.2, 0.25) is 0 Å². The molecule has 0 fully saturated rings. The number of hydrogen-bond acceptors (Lipinski definition) is 4. The van der Waals surface area contributed by atoms with Crippen LogP contribution < -0.4 is 0 Å². The summed E-state index contributed by atoms with van der Waals surface area (Å²) < 4.78 is 4.96. The van der Waals surface area contributed by atoms with Gasteiger partial charge in [-0.15, -0.1) is 0 Å². The maximum absolute atomic E-state index is 10.6. The van der Waals surface area contributed by atoms with Gasteiger partial charge in [-0.05, 0) is 12.1 Å². The molecule has 2 aromatic rings. The predicted molar refractivity (Wildman–Crippen MR) is 52.0 cm³/mol. The summed E-state index contributed by atoms with van der Waals surface area (Å²) >= 11 is 0. The highest BCUT2D eigenvalue weighted by Gasteiger charge is 2.08. The lowest BCUT2D eigenvalue weighted by atomic mass is 10.1. The average Bonchev–Trinajstić information content (AvgIpc) is 2.77. The second kappa shape index (κ2) is 3.76. The number of pyridine rings is 1. The summed E-state index contributed by atoms with van der Waals surface area (Å²) in [6.45, 7) is 0. The van der Waals surface area contributed by atoms with Crippen molar-refractivity contribution in [1.82, 2.24) is 4.98 Å². The topological polar surface area (TPSA) is 66.9 Å². The fourth-order valence-electron chi connectivity index (χ4n) is 1.30. The molecule has 2 rings (SSSR count). The van der Waals surface area contributed by atoms with Crippen molar-refractivity contribution in [1.29, 1.82) is 5.26 Å². The smallest absolute Gasteiger partial charge is 0.185 e. The van der Waals surface area contributed by atoms with Crippen molar-refractivity contribution in [2.24, 2.45) is 0 Å². The molecule has 2 heterocycles. The third-order valence-corrected chi connectivity index (χ3v) is 1.98. The number of furan rings is 1. The number of aldehydes is 1. The van der Waals surface area contributed by atoms with E-state index in [4.69, 9.17) is 9.68 Å². The fourth-order valence-corrected chi connectivity index (χ4v) is 1.30. The van der Waals surface area contributed by atoms with E-state index in [9.17, 15) is 4.79 Å². The summed E-state index contributed by atoms with van der Waals surface area (Å²) in [5.41, 5.74) is 1.80. The lowest BCUT2D eigenvalue weighted by Crippen LogP contribution is -1.85. The molecule has 0 aromatic carbocycles. The van der Waals surface area contributed by atoms with Crippen LogP contribution in [0.15, 0.2) is 35.2 Å². The van der Waals surface area contributed by atoms with Gasteiger partial charge in [-0.3, -0.25) is 9.78 Å². The summed E-state index contributed by atoms with van der Waals surface area (Å²) in [4.78, 5) is 14.5. The molecule has 4 heteroatoms. The summed E-state index contributed by atoms with van der Waals surface area (Å²) in [5.74, 6) is 0.242. The molecule has 0 aliphatic rings. The Hall–Kier alpha value is -2.41. The Morgan fingerprint density at radius 1 is 1.47 bits per heavy atom. The van der Waals surface area contributed by atoms with Crippen LogP contribution >= 0.6 is 0 Å². The standard InChI is InChI=1S/C11H6N2O2/c12-4-8-3-9(6-13-5-8)10-1-2-15-11(10)7-14/h1-3,5-7H. The monoisotopic (exact) mass is 198 g/mol. The van der Waals surface area contributed by atoms with E-state index in [-0.39, 0.29) is 5.76 Å². The molecule has 0 aliphatic heterocycles. The highest BCUT2D eigenvalue weighted by molar-refractivity contribution is 5.84. The zero-order valence-corrected chi connectivity index (χ0v) is 7.68. The second-order valence-electron chi connectivity index (χ2n) is 2.89. The van der Waals surface area contributed by atoms with E-state index in [1.807, 2.05) is 6.07 Å². The molecule has 72 valence electrons. The molecule has 0 unspecified atom stereocenters. The number of nitrogens with zero attached hydrogens (tertiary/aromatic N) is 2. The zero-order valence-electron chi connectivity index (χ0n) is 7.68. The van der Waals surface area contributed by atoms with Crippen LogP contribution in [0.5, 0.6) is 0 Å². The van der Waals surface area contributed by atoms with Crippen molar-refractivity contribution in [3.8, 4) is 17.2 Å². The molecule has 2 aromatic heterocycles. The Morgan fingerprint density at radius 3 is 3.07 bits per heavy atom. The van der Waals surface area contributed by atoms with Crippen molar-refractivity contribution in [3.63, 3.8) is 0 Å². The number of hydrogen-bond donors (Lipinski definition) is 0. The molecule has 0 aliphatic carbocycles. The van der Waals surface area contributed by atoms with Crippen molar-refractivity contribution < 1.29 is 9.21 Å². The van der Waals surface area contributed by atoms with E-state index in [0.717, 1.165) is 0 Å². The van der Waals surface area contributed by atoms with Crippen molar-refractivity contribution >= 4 is 6.29 Å². The van der Waals surface area contributed by atoms with Gasteiger partial charge in [-0.25, -0.2) is 0 Å². The number of nitriles is 1. The maximum Gasteiger partial charge on any atom is 0.185 e. The van der Waals surface area contributed by atoms with Crippen LogP contribution in [0.4, 0.5) is 0 Å². The van der Waals surface area contributed by atoms with Gasteiger partial charge in [0.1, 0.15) is 6.07 Å². The van der Waals surface area contributed by atoms with E-state index >= 15 is 0 Å². The molecule has 0 amide bonds. The van der Waals surface area contributed by atoms with Crippen molar-refractivity contribution in [2.75, 3.05) is 0 Å². The van der Waals surface area contributed by atoms with Crippen LogP contribution in [0.1, 0.15) is 16.1 Å². The Labute approximate surface area is 85.8 Å². The largest absolute Gasteiger partial charge is 0.461 e. The first-order chi connectivity index (χ1) is 7.35. The lowest BCUT2D eigenvalue weighted by molar-refractivity contribution is 0.110. The Bertz CT molecular complexity index is 538. The van der Waals surface area contributed by atoms with E-state index in [1.54, 1.807) is 18.3 Å². The minimum absolute atomic E-state index is 0.242. The molecule has 0 bridgehead atoms. The van der Waals surface area contributed by atoms with Crippen molar-refractivity contribution in [3.05, 3.63) is 42.1 Å². The first-order valence-corrected chi connectivity index (χ1v) is 4.23. The van der Waals surface area contributed by atoms with E-state index < -0.39 is 0 Å². The van der Waals surface area contributed by atoms with Gasteiger partial charge >= 0.3 is 0 Å². The van der Waals surface area contributed by atoms with Gasteiger partial charge in [-0.1, -0.05) is 0 Å². The van der Waals surface area contributed by atoms with Crippen molar-refractivity contribution in [2.45, 2.75) is 0 Å². The molecule has 0 N–H and O–H groups in total. The first-order valence-electron chi connectivity index (χ1n) is 4.23. The molecule has 0 saturated heterocycles. The number of carbonyl (C=O) groups excluding carboxylic acids is 1. The molecule has 0 radical (unpaired) electrons. The number of rotatable bonds is 2. The average molecular weight is 198 g/mol. The van der Waals surface area contributed by atoms with Gasteiger partial charge in [-0.2, -0.15) is 5.26 Å². The quantitative estimate of drug-likeness (QED) is 0.692. The Morgan fingerprint density at radius 2 is 2.33 bits per heavy atom. The van der Waals surface area contributed by atoms with Gasteiger partial charge in [0, 0.05) is 23.5 Å². The Balaban J connectivity index is 2.54. The van der Waals surface area contributed by atoms with Crippen LogP contribution in [0.3, 0.4) is 0 Å². The lowest BCUT2D eigenvalue weighted by Gasteiger charge is -1.97. The number of carbonyl (C=O) groups is 1. The molecule has 15 heavy (non-hydrogen) atoms. The first kappa shape index (κ1) is 9.16. The van der Waals surface area contributed by atoms with Gasteiger partial charge < -0.3 is 4.42 Å². The molecular weight excluding hydrogens is 192 g/mol. The second-order valence-corrected chi connectivity index (χ2v) is 2.89. The van der Waals surface area contributed by atoms with Crippen LogP contribution in [-0.2, 0) is 0 Å². The molecule has 0 atom stereocenters. The van der Waals surface area contributed by atoms with E-state index in [2.05, 4.69) is 4.98 Å². The summed E-state index contributed by atoms with van der Waals surface area (Å²) in [6.07, 6.45) is 5.11. The number of aromatic nitrogens is 1. The highest BCUT2D eigenvalue weighted by atomic mass is 16.3. The van der Waals surface area contributed by atoms with Crippen LogP contribution in [0, 0.1) is 11.3 Å². The third-order valence-electron chi connectivity index (χ3n) is 1.98. The fraction of sp³-hybridized carbons (Fsp3) is 0. The maximum atomic E-state index is 10.6. The predicted octanol–water partition coefficient (Wildman–Crippen LogP) is 2.03. The third kappa shape index (κ3) is 1.63. The minimum Gasteiger partial charge on any atom is -0.461 e. The van der Waals surface area contributed by atoms with E-state index in [1.165, 1.54) is 12.5 Å². The summed E-state index contributed by atoms with van der Waals surface area (Å²) in [5, 5.41) is 8.70. The van der Waals surface area contributed by atoms with Crippen LogP contribution in [0.2, 0.25) is 0 Å². The summed E-state index contributed by atoms with van der Waals surface area (Å²) in [6, 6.07) is 5.31.